The Bertz CT molecular complexity index is 594. The monoisotopic (exact) mass is 344 g/mol. The summed E-state index contributed by atoms with van der Waals surface area (Å²) in [5.41, 5.74) is 2.67. The second kappa shape index (κ2) is 11.5. The van der Waals surface area contributed by atoms with E-state index in [1.165, 1.54) is 86.4 Å². The van der Waals surface area contributed by atoms with Gasteiger partial charge in [-0.25, -0.2) is 0 Å². The first-order valence-electron chi connectivity index (χ1n) is 9.85. The minimum absolute atomic E-state index is 1.22. The number of rotatable bonds is 12. The summed E-state index contributed by atoms with van der Waals surface area (Å²) in [6.45, 7) is 4.45. The van der Waals surface area contributed by atoms with Crippen LogP contribution >= 0.6 is 11.9 Å². The minimum atomic E-state index is 1.22. The van der Waals surface area contributed by atoms with Crippen molar-refractivity contribution in [3.8, 4) is 0 Å². The van der Waals surface area contributed by atoms with E-state index in [-0.39, 0.29) is 0 Å². The lowest BCUT2D eigenvalue weighted by molar-refractivity contribution is -0.463. The molecule has 1 nitrogen and oxygen atoms in total. The maximum absolute atomic E-state index is 2.34. The van der Waals surface area contributed by atoms with Crippen molar-refractivity contribution in [3.05, 3.63) is 42.1 Å². The molecule has 2 rings (SSSR count). The van der Waals surface area contributed by atoms with Crippen molar-refractivity contribution in [3.63, 3.8) is 0 Å². The molecule has 0 amide bonds. The number of aryl methyl sites for hydroxylation is 1. The number of hydrogen-bond acceptors (Lipinski definition) is 1. The quantitative estimate of drug-likeness (QED) is 0.301. The number of hydrogen-bond donors (Lipinski definition) is 0. The van der Waals surface area contributed by atoms with Crippen LogP contribution in [0.2, 0.25) is 0 Å². The first-order chi connectivity index (χ1) is 11.8. The van der Waals surface area contributed by atoms with Crippen LogP contribution in [0.5, 0.6) is 0 Å². The van der Waals surface area contributed by atoms with Gasteiger partial charge in [-0.05, 0) is 25.5 Å². The van der Waals surface area contributed by atoms with E-state index in [1.54, 1.807) is 0 Å². The van der Waals surface area contributed by atoms with Crippen molar-refractivity contribution in [2.75, 3.05) is 5.75 Å². The Morgan fingerprint density at radius 1 is 0.833 bits per heavy atom. The molecular formula is C22H34NS+. The van der Waals surface area contributed by atoms with E-state index in [0.29, 0.717) is 0 Å². The summed E-state index contributed by atoms with van der Waals surface area (Å²) < 4.78 is 2.34. The topological polar surface area (TPSA) is 3.88 Å². The Morgan fingerprint density at radius 3 is 2.21 bits per heavy atom. The molecule has 0 saturated heterocycles. The van der Waals surface area contributed by atoms with Crippen LogP contribution in [0.15, 0.2) is 36.5 Å². The summed E-state index contributed by atoms with van der Waals surface area (Å²) in [5, 5.41) is 1.34. The highest BCUT2D eigenvalue weighted by Gasteiger charge is 2.09. The molecule has 1 heterocycles. The Morgan fingerprint density at radius 2 is 1.50 bits per heavy atom. The smallest absolute Gasteiger partial charge is 0.126 e. The van der Waals surface area contributed by atoms with E-state index in [1.807, 2.05) is 11.9 Å². The molecule has 0 fully saturated rings. The highest BCUT2D eigenvalue weighted by Crippen LogP contribution is 2.15. The summed E-state index contributed by atoms with van der Waals surface area (Å²) in [7, 11) is 0. The zero-order valence-electron chi connectivity index (χ0n) is 15.6. The van der Waals surface area contributed by atoms with E-state index in [9.17, 15) is 0 Å². The number of unbranched alkanes of at least 4 members (excludes halogenated alkanes) is 9. The first kappa shape index (κ1) is 19.3. The molecule has 0 atom stereocenters. The van der Waals surface area contributed by atoms with Gasteiger partial charge in [-0.2, -0.15) is 0 Å². The van der Waals surface area contributed by atoms with Crippen LogP contribution in [0, 0.1) is 6.92 Å². The van der Waals surface area contributed by atoms with Gasteiger partial charge < -0.3 is 0 Å². The highest BCUT2D eigenvalue weighted by molar-refractivity contribution is 7.92. The van der Waals surface area contributed by atoms with Gasteiger partial charge in [0.15, 0.2) is 18.1 Å². The predicted octanol–water partition coefficient (Wildman–Crippen LogP) is 6.85. The van der Waals surface area contributed by atoms with E-state index in [4.69, 9.17) is 0 Å². The van der Waals surface area contributed by atoms with Gasteiger partial charge in [0, 0.05) is 17.5 Å². The summed E-state index contributed by atoms with van der Waals surface area (Å²) >= 11 is 1.95. The van der Waals surface area contributed by atoms with Crippen LogP contribution in [0.1, 0.15) is 76.7 Å². The third-order valence-electron chi connectivity index (χ3n) is 4.65. The molecule has 2 heteroatoms. The molecule has 1 aromatic heterocycles. The molecule has 2 aromatic rings. The van der Waals surface area contributed by atoms with Gasteiger partial charge in [0.1, 0.15) is 0 Å². The van der Waals surface area contributed by atoms with Crippen molar-refractivity contribution in [1.29, 1.82) is 0 Å². The normalized spacial score (nSPS) is 11.2. The molecule has 0 radical (unpaired) electrons. The molecule has 0 aliphatic carbocycles. The molecular weight excluding hydrogens is 310 g/mol. The molecule has 0 spiro atoms. The number of benzene rings is 1. The fraction of sp³-hybridized carbons (Fsp3) is 0.591. The van der Waals surface area contributed by atoms with Crippen molar-refractivity contribution < 1.29 is 3.97 Å². The molecule has 132 valence electrons. The lowest BCUT2D eigenvalue weighted by atomic mass is 10.1. The van der Waals surface area contributed by atoms with Crippen LogP contribution in [-0.2, 0) is 0 Å². The fourth-order valence-electron chi connectivity index (χ4n) is 3.18. The molecule has 0 aliphatic rings. The number of nitrogens with zero attached hydrogens (tertiary/aromatic N) is 1. The summed E-state index contributed by atoms with van der Waals surface area (Å²) in [5.74, 6) is 1.22. The Labute approximate surface area is 153 Å². The zero-order chi connectivity index (χ0) is 17.0. The third-order valence-corrected chi connectivity index (χ3v) is 5.71. The van der Waals surface area contributed by atoms with E-state index >= 15 is 0 Å². The molecule has 1 aromatic carbocycles. The number of fused-ring (bicyclic) bond motifs is 1. The fourth-order valence-corrected chi connectivity index (χ4v) is 4.17. The molecule has 0 saturated carbocycles. The lowest BCUT2D eigenvalue weighted by Crippen LogP contribution is -2.26. The van der Waals surface area contributed by atoms with Gasteiger partial charge in [-0.15, -0.1) is 3.97 Å². The minimum Gasteiger partial charge on any atom is -0.126 e. The van der Waals surface area contributed by atoms with Crippen LogP contribution < -0.4 is 3.97 Å². The molecule has 0 bridgehead atoms. The van der Waals surface area contributed by atoms with Gasteiger partial charge in [-0.1, -0.05) is 76.3 Å². The third kappa shape index (κ3) is 6.84. The first-order valence-corrected chi connectivity index (χ1v) is 10.8. The average Bonchev–Trinajstić information content (AvgIpc) is 2.59. The molecule has 0 unspecified atom stereocenters. The molecule has 24 heavy (non-hydrogen) atoms. The lowest BCUT2D eigenvalue weighted by Gasteiger charge is -2.02. The molecule has 0 aliphatic heterocycles. The van der Waals surface area contributed by atoms with Gasteiger partial charge in [-0.3, -0.25) is 0 Å². The highest BCUT2D eigenvalue weighted by atomic mass is 32.2. The van der Waals surface area contributed by atoms with E-state index < -0.39 is 0 Å². The SMILES string of the molecule is CCCCCCCCCCCCS[n+]1cccc2cc(C)ccc21. The van der Waals surface area contributed by atoms with Crippen LogP contribution in [0.25, 0.3) is 10.9 Å². The van der Waals surface area contributed by atoms with Crippen molar-refractivity contribution in [1.82, 2.24) is 0 Å². The van der Waals surface area contributed by atoms with Gasteiger partial charge >= 0.3 is 0 Å². The summed E-state index contributed by atoms with van der Waals surface area (Å²) in [4.78, 5) is 0. The Hall–Kier alpha value is -1.02. The standard InChI is InChI=1S/C22H34NS/c1-3-4-5-6-7-8-9-10-11-12-18-24-23-17-13-14-21-19-20(2)15-16-22(21)23/h13-17,19H,3-12,18H2,1-2H3/q+1. The predicted molar refractivity (Wildman–Crippen MR) is 109 cm³/mol. The average molecular weight is 345 g/mol. The zero-order valence-corrected chi connectivity index (χ0v) is 16.4. The van der Waals surface area contributed by atoms with Crippen LogP contribution in [-0.4, -0.2) is 5.75 Å². The van der Waals surface area contributed by atoms with Gasteiger partial charge in [0.25, 0.3) is 0 Å². The second-order valence-electron chi connectivity index (χ2n) is 6.91. The van der Waals surface area contributed by atoms with Gasteiger partial charge in [0.2, 0.25) is 5.52 Å². The van der Waals surface area contributed by atoms with Crippen molar-refractivity contribution in [2.24, 2.45) is 0 Å². The Balaban J connectivity index is 1.58. The van der Waals surface area contributed by atoms with Crippen molar-refractivity contribution in [2.45, 2.75) is 78.1 Å². The maximum atomic E-state index is 2.34. The Kier molecular flexibility index (Phi) is 9.27. The van der Waals surface area contributed by atoms with Crippen molar-refractivity contribution >= 4 is 22.9 Å². The van der Waals surface area contributed by atoms with Crippen LogP contribution in [0.3, 0.4) is 0 Å². The van der Waals surface area contributed by atoms with E-state index in [0.717, 1.165) is 0 Å². The largest absolute Gasteiger partial charge is 0.226 e. The second-order valence-corrected chi connectivity index (χ2v) is 7.97. The van der Waals surface area contributed by atoms with E-state index in [2.05, 4.69) is 54.3 Å². The van der Waals surface area contributed by atoms with Gasteiger partial charge in [0.05, 0.1) is 5.75 Å². The molecule has 0 N–H and O–H groups in total. The maximum Gasteiger partial charge on any atom is 0.226 e. The summed E-state index contributed by atoms with van der Waals surface area (Å²) in [6, 6.07) is 11.1. The van der Waals surface area contributed by atoms with Crippen LogP contribution in [0.4, 0.5) is 0 Å². The number of aromatic nitrogens is 1. The summed E-state index contributed by atoms with van der Waals surface area (Å²) in [6.07, 6.45) is 16.3. The number of pyridine rings is 1.